The first-order chi connectivity index (χ1) is 6.66. The molecule has 2 rings (SSSR count). The van der Waals surface area contributed by atoms with E-state index in [1.165, 1.54) is 0 Å². The largest absolute Gasteiger partial charge is 0.469 e. The van der Waals surface area contributed by atoms with E-state index in [2.05, 4.69) is 4.98 Å². The molecule has 0 bridgehead atoms. The van der Waals surface area contributed by atoms with Crippen molar-refractivity contribution >= 4 is 0 Å². The molecule has 0 amide bonds. The van der Waals surface area contributed by atoms with Crippen molar-refractivity contribution in [2.45, 2.75) is 19.9 Å². The lowest BCUT2D eigenvalue weighted by molar-refractivity contribution is 0.472. The van der Waals surface area contributed by atoms with Gasteiger partial charge < -0.3 is 14.6 Å². The van der Waals surface area contributed by atoms with Crippen molar-refractivity contribution in [1.82, 2.24) is 4.98 Å². The fourth-order valence-corrected chi connectivity index (χ4v) is 1.20. The summed E-state index contributed by atoms with van der Waals surface area (Å²) < 4.78 is 10.6. The van der Waals surface area contributed by atoms with Gasteiger partial charge in [0.05, 0.1) is 17.8 Å². The van der Waals surface area contributed by atoms with Crippen molar-refractivity contribution in [3.63, 3.8) is 0 Å². The van der Waals surface area contributed by atoms with Crippen LogP contribution < -0.4 is 5.73 Å². The summed E-state index contributed by atoms with van der Waals surface area (Å²) in [6.45, 7) is 3.71. The Bertz CT molecular complexity index is 429. The van der Waals surface area contributed by atoms with Crippen molar-refractivity contribution < 1.29 is 8.83 Å². The molecule has 2 aromatic heterocycles. The summed E-state index contributed by atoms with van der Waals surface area (Å²) in [5.74, 6) is 2.08. The first-order valence-corrected chi connectivity index (χ1v) is 4.43. The minimum absolute atomic E-state index is 0.184. The van der Waals surface area contributed by atoms with E-state index in [0.29, 0.717) is 11.7 Å². The molecule has 74 valence electrons. The van der Waals surface area contributed by atoms with E-state index in [-0.39, 0.29) is 6.04 Å². The van der Waals surface area contributed by atoms with Gasteiger partial charge >= 0.3 is 0 Å². The third kappa shape index (κ3) is 1.56. The molecule has 1 unspecified atom stereocenters. The summed E-state index contributed by atoms with van der Waals surface area (Å²) in [6.07, 6.45) is 3.30. The molecule has 0 saturated carbocycles. The second kappa shape index (κ2) is 3.31. The molecule has 0 aliphatic heterocycles. The normalized spacial score (nSPS) is 13.1. The van der Waals surface area contributed by atoms with Crippen LogP contribution >= 0.6 is 0 Å². The maximum atomic E-state index is 5.63. The molecule has 2 heterocycles. The van der Waals surface area contributed by atoms with E-state index in [0.717, 1.165) is 11.3 Å². The van der Waals surface area contributed by atoms with Crippen LogP contribution in [0.5, 0.6) is 0 Å². The Balaban J connectivity index is 2.33. The number of nitrogens with zero attached hydrogens (tertiary/aromatic N) is 1. The van der Waals surface area contributed by atoms with Crippen LogP contribution in [-0.4, -0.2) is 4.98 Å². The van der Waals surface area contributed by atoms with E-state index in [1.807, 2.05) is 19.9 Å². The van der Waals surface area contributed by atoms with Gasteiger partial charge in [-0.15, -0.1) is 0 Å². The first kappa shape index (κ1) is 9.02. The van der Waals surface area contributed by atoms with Crippen molar-refractivity contribution in [3.05, 3.63) is 30.2 Å². The molecule has 0 saturated heterocycles. The second-order valence-electron chi connectivity index (χ2n) is 3.30. The molecule has 1 atom stereocenters. The standard InChI is InChI=1S/C10H12N2O2/c1-6-3-8(5-13-6)9-4-12-10(14-9)7(2)11/h3-5,7H,11H2,1-2H3. The Hall–Kier alpha value is -1.55. The minimum atomic E-state index is -0.184. The van der Waals surface area contributed by atoms with Crippen LogP contribution in [-0.2, 0) is 0 Å². The highest BCUT2D eigenvalue weighted by atomic mass is 16.4. The molecule has 0 fully saturated rings. The number of aryl methyl sites for hydroxylation is 1. The highest BCUT2D eigenvalue weighted by Crippen LogP contribution is 2.23. The summed E-state index contributed by atoms with van der Waals surface area (Å²) in [4.78, 5) is 4.07. The molecule has 4 nitrogen and oxygen atoms in total. The van der Waals surface area contributed by atoms with Crippen molar-refractivity contribution in [2.75, 3.05) is 0 Å². The highest BCUT2D eigenvalue weighted by molar-refractivity contribution is 5.55. The SMILES string of the molecule is Cc1cc(-c2cnc(C(C)N)o2)co1. The zero-order chi connectivity index (χ0) is 10.1. The van der Waals surface area contributed by atoms with Gasteiger partial charge in [-0.25, -0.2) is 4.98 Å². The maximum Gasteiger partial charge on any atom is 0.211 e. The monoisotopic (exact) mass is 192 g/mol. The molecule has 0 spiro atoms. The lowest BCUT2D eigenvalue weighted by atomic mass is 10.3. The number of nitrogens with two attached hydrogens (primary N) is 1. The van der Waals surface area contributed by atoms with Crippen molar-refractivity contribution in [3.8, 4) is 11.3 Å². The second-order valence-corrected chi connectivity index (χ2v) is 3.30. The first-order valence-electron chi connectivity index (χ1n) is 4.43. The molecule has 14 heavy (non-hydrogen) atoms. The Morgan fingerprint density at radius 1 is 1.50 bits per heavy atom. The van der Waals surface area contributed by atoms with E-state index < -0.39 is 0 Å². The van der Waals surface area contributed by atoms with Gasteiger partial charge in [-0.2, -0.15) is 0 Å². The third-order valence-corrected chi connectivity index (χ3v) is 1.93. The Morgan fingerprint density at radius 3 is 2.79 bits per heavy atom. The van der Waals surface area contributed by atoms with Gasteiger partial charge in [0, 0.05) is 0 Å². The summed E-state index contributed by atoms with van der Waals surface area (Å²) in [5, 5.41) is 0. The fraction of sp³-hybridized carbons (Fsp3) is 0.300. The summed E-state index contributed by atoms with van der Waals surface area (Å²) >= 11 is 0. The predicted molar refractivity (Wildman–Crippen MR) is 51.5 cm³/mol. The number of rotatable bonds is 2. The van der Waals surface area contributed by atoms with Gasteiger partial charge in [-0.3, -0.25) is 0 Å². The molecule has 2 N–H and O–H groups in total. The van der Waals surface area contributed by atoms with Crippen LogP contribution in [0.3, 0.4) is 0 Å². The van der Waals surface area contributed by atoms with Crippen LogP contribution in [0, 0.1) is 6.92 Å². The lowest BCUT2D eigenvalue weighted by Gasteiger charge is -1.95. The Morgan fingerprint density at radius 2 is 2.29 bits per heavy atom. The van der Waals surface area contributed by atoms with Gasteiger partial charge in [-0.05, 0) is 19.9 Å². The zero-order valence-corrected chi connectivity index (χ0v) is 8.15. The lowest BCUT2D eigenvalue weighted by Crippen LogP contribution is -2.04. The van der Waals surface area contributed by atoms with Crippen molar-refractivity contribution in [1.29, 1.82) is 0 Å². The van der Waals surface area contributed by atoms with Crippen LogP contribution in [0.15, 0.2) is 27.4 Å². The average Bonchev–Trinajstić information content (AvgIpc) is 2.70. The van der Waals surface area contributed by atoms with Crippen molar-refractivity contribution in [2.24, 2.45) is 5.73 Å². The van der Waals surface area contributed by atoms with E-state index in [4.69, 9.17) is 14.6 Å². The number of hydrogen-bond acceptors (Lipinski definition) is 4. The van der Waals surface area contributed by atoms with Gasteiger partial charge in [-0.1, -0.05) is 0 Å². The Kier molecular flexibility index (Phi) is 2.13. The Labute approximate surface area is 81.7 Å². The molecule has 0 aromatic carbocycles. The molecule has 0 radical (unpaired) electrons. The van der Waals surface area contributed by atoms with Crippen LogP contribution in [0.2, 0.25) is 0 Å². The smallest absolute Gasteiger partial charge is 0.211 e. The van der Waals surface area contributed by atoms with E-state index in [9.17, 15) is 0 Å². The fourth-order valence-electron chi connectivity index (χ4n) is 1.20. The highest BCUT2D eigenvalue weighted by Gasteiger charge is 2.10. The average molecular weight is 192 g/mol. The van der Waals surface area contributed by atoms with Gasteiger partial charge in [0.25, 0.3) is 0 Å². The number of aromatic nitrogens is 1. The molecule has 0 aliphatic rings. The van der Waals surface area contributed by atoms with Gasteiger partial charge in [0.15, 0.2) is 5.76 Å². The van der Waals surface area contributed by atoms with E-state index in [1.54, 1.807) is 12.5 Å². The minimum Gasteiger partial charge on any atom is -0.469 e. The quantitative estimate of drug-likeness (QED) is 0.792. The zero-order valence-electron chi connectivity index (χ0n) is 8.15. The third-order valence-electron chi connectivity index (χ3n) is 1.93. The predicted octanol–water partition coefficient (Wildman–Crippen LogP) is 2.26. The summed E-state index contributed by atoms with van der Waals surface area (Å²) in [7, 11) is 0. The molecule has 0 aliphatic carbocycles. The number of hydrogen-bond donors (Lipinski definition) is 1. The molecule has 2 aromatic rings. The molecular weight excluding hydrogens is 180 g/mol. The van der Waals surface area contributed by atoms with Crippen LogP contribution in [0.1, 0.15) is 24.6 Å². The summed E-state index contributed by atoms with van der Waals surface area (Å²) in [5.41, 5.74) is 6.52. The van der Waals surface area contributed by atoms with E-state index >= 15 is 0 Å². The topological polar surface area (TPSA) is 65.2 Å². The number of oxazole rings is 1. The van der Waals surface area contributed by atoms with Crippen LogP contribution in [0.4, 0.5) is 0 Å². The van der Waals surface area contributed by atoms with Crippen LogP contribution in [0.25, 0.3) is 11.3 Å². The molecular formula is C10H12N2O2. The molecule has 4 heteroatoms. The maximum absolute atomic E-state index is 5.63. The number of furan rings is 1. The van der Waals surface area contributed by atoms with Gasteiger partial charge in [0.1, 0.15) is 12.0 Å². The van der Waals surface area contributed by atoms with Gasteiger partial charge in [0.2, 0.25) is 5.89 Å². The summed E-state index contributed by atoms with van der Waals surface area (Å²) in [6, 6.07) is 1.71.